The van der Waals surface area contributed by atoms with Crippen LogP contribution in [-0.4, -0.2) is 39.5 Å². The van der Waals surface area contributed by atoms with Crippen molar-refractivity contribution in [3.05, 3.63) is 51.7 Å². The number of rotatable bonds is 10. The second kappa shape index (κ2) is 12.4. The number of fused-ring (bicyclic) bond motifs is 1. The Hall–Kier alpha value is -2.85. The average molecular weight is 529 g/mol. The number of thiophene rings is 1. The molecule has 2 heterocycles. The maximum atomic E-state index is 12.8. The standard InChI is InChI=1S/C26H32N4O4S2/c1-4-17-11-13-18(14-12-17)34-15-21-28-29-26(30(21)5-2)35-16-22(31)27-24-23(25(32)33-3)19-9-7-6-8-10-20(19)36-24/h11-14H,4-10,15-16H2,1-3H3,(H,27,31). The normalized spacial score (nSPS) is 13.1. The van der Waals surface area contributed by atoms with Crippen molar-refractivity contribution in [3.8, 4) is 5.75 Å². The van der Waals surface area contributed by atoms with Gasteiger partial charge >= 0.3 is 5.97 Å². The van der Waals surface area contributed by atoms with E-state index >= 15 is 0 Å². The lowest BCUT2D eigenvalue weighted by Gasteiger charge is -2.10. The molecule has 1 aliphatic carbocycles. The van der Waals surface area contributed by atoms with E-state index in [1.807, 2.05) is 23.6 Å². The van der Waals surface area contributed by atoms with Gasteiger partial charge in [-0.15, -0.1) is 21.5 Å². The zero-order valence-electron chi connectivity index (χ0n) is 21.0. The van der Waals surface area contributed by atoms with Gasteiger partial charge in [-0.25, -0.2) is 4.79 Å². The molecule has 1 amide bonds. The highest BCUT2D eigenvalue weighted by molar-refractivity contribution is 7.99. The van der Waals surface area contributed by atoms with Crippen LogP contribution in [0.3, 0.4) is 0 Å². The fraction of sp³-hybridized carbons (Fsp3) is 0.462. The first-order valence-electron chi connectivity index (χ1n) is 12.3. The van der Waals surface area contributed by atoms with Gasteiger partial charge in [-0.05, 0) is 62.3 Å². The molecule has 0 unspecified atom stereocenters. The predicted octanol–water partition coefficient (Wildman–Crippen LogP) is 5.29. The third-order valence-electron chi connectivity index (χ3n) is 6.21. The van der Waals surface area contributed by atoms with Crippen LogP contribution in [0.2, 0.25) is 0 Å². The Morgan fingerprint density at radius 3 is 2.61 bits per heavy atom. The molecular weight excluding hydrogens is 496 g/mol. The van der Waals surface area contributed by atoms with Crippen LogP contribution in [0.1, 0.15) is 65.3 Å². The van der Waals surface area contributed by atoms with E-state index < -0.39 is 5.97 Å². The molecule has 0 saturated carbocycles. The lowest BCUT2D eigenvalue weighted by molar-refractivity contribution is -0.113. The number of aryl methyl sites for hydroxylation is 2. The topological polar surface area (TPSA) is 95.3 Å². The molecule has 8 nitrogen and oxygen atoms in total. The summed E-state index contributed by atoms with van der Waals surface area (Å²) in [6.45, 7) is 5.08. The summed E-state index contributed by atoms with van der Waals surface area (Å²) in [5.41, 5.74) is 2.81. The molecule has 1 aromatic carbocycles. The van der Waals surface area contributed by atoms with Crippen molar-refractivity contribution < 1.29 is 19.1 Å². The Kier molecular flexibility index (Phi) is 9.03. The second-order valence-electron chi connectivity index (χ2n) is 8.53. The van der Waals surface area contributed by atoms with Gasteiger partial charge in [0.2, 0.25) is 5.91 Å². The lowest BCUT2D eigenvalue weighted by Crippen LogP contribution is -2.17. The molecule has 0 spiro atoms. The minimum Gasteiger partial charge on any atom is -0.486 e. The van der Waals surface area contributed by atoms with E-state index in [0.29, 0.717) is 34.7 Å². The highest BCUT2D eigenvalue weighted by atomic mass is 32.2. The Morgan fingerprint density at radius 2 is 1.89 bits per heavy atom. The molecule has 10 heteroatoms. The largest absolute Gasteiger partial charge is 0.486 e. The number of carbonyl (C=O) groups is 2. The van der Waals surface area contributed by atoms with E-state index in [1.165, 1.54) is 40.6 Å². The first kappa shape index (κ1) is 26.2. The molecule has 0 radical (unpaired) electrons. The molecule has 0 saturated heterocycles. The van der Waals surface area contributed by atoms with E-state index in [9.17, 15) is 9.59 Å². The maximum absolute atomic E-state index is 12.8. The van der Waals surface area contributed by atoms with Gasteiger partial charge in [0.1, 0.15) is 17.4 Å². The van der Waals surface area contributed by atoms with E-state index in [2.05, 4.69) is 34.6 Å². The van der Waals surface area contributed by atoms with Crippen molar-refractivity contribution in [1.82, 2.24) is 14.8 Å². The molecule has 0 aliphatic heterocycles. The molecule has 192 valence electrons. The monoisotopic (exact) mass is 528 g/mol. The number of nitrogens with one attached hydrogen (secondary N) is 1. The smallest absolute Gasteiger partial charge is 0.341 e. The molecule has 0 atom stereocenters. The number of benzene rings is 1. The fourth-order valence-electron chi connectivity index (χ4n) is 4.26. The van der Waals surface area contributed by atoms with Gasteiger partial charge in [-0.2, -0.15) is 0 Å². The molecule has 36 heavy (non-hydrogen) atoms. The van der Waals surface area contributed by atoms with Gasteiger partial charge in [0.15, 0.2) is 11.0 Å². The summed E-state index contributed by atoms with van der Waals surface area (Å²) in [6.07, 6.45) is 6.05. The number of thioether (sulfide) groups is 1. The number of aromatic nitrogens is 3. The van der Waals surface area contributed by atoms with Gasteiger partial charge in [-0.1, -0.05) is 37.2 Å². The number of ether oxygens (including phenoxy) is 2. The molecule has 2 aromatic heterocycles. The summed E-state index contributed by atoms with van der Waals surface area (Å²) in [5, 5.41) is 12.7. The Balaban J connectivity index is 1.39. The number of hydrogen-bond donors (Lipinski definition) is 1. The number of hydrogen-bond acceptors (Lipinski definition) is 8. The third kappa shape index (κ3) is 6.10. The molecule has 4 rings (SSSR count). The zero-order valence-corrected chi connectivity index (χ0v) is 22.6. The first-order valence-corrected chi connectivity index (χ1v) is 14.1. The molecule has 1 aliphatic rings. The minimum absolute atomic E-state index is 0.153. The van der Waals surface area contributed by atoms with E-state index in [4.69, 9.17) is 9.47 Å². The van der Waals surface area contributed by atoms with Crippen molar-refractivity contribution in [1.29, 1.82) is 0 Å². The van der Waals surface area contributed by atoms with Gasteiger partial charge in [-0.3, -0.25) is 4.79 Å². The van der Waals surface area contributed by atoms with E-state index in [1.54, 1.807) is 0 Å². The van der Waals surface area contributed by atoms with Gasteiger partial charge in [0.25, 0.3) is 0 Å². The average Bonchev–Trinajstić information content (AvgIpc) is 3.37. The number of nitrogens with zero attached hydrogens (tertiary/aromatic N) is 3. The summed E-state index contributed by atoms with van der Waals surface area (Å²) in [6, 6.07) is 8.02. The van der Waals surface area contributed by atoms with Gasteiger partial charge < -0.3 is 19.4 Å². The van der Waals surface area contributed by atoms with E-state index in [-0.39, 0.29) is 11.7 Å². The minimum atomic E-state index is -0.392. The summed E-state index contributed by atoms with van der Waals surface area (Å²) in [5.74, 6) is 1.05. The molecule has 0 bridgehead atoms. The Labute approximate surface area is 219 Å². The number of amides is 1. The number of esters is 1. The molecule has 3 aromatic rings. The second-order valence-corrected chi connectivity index (χ2v) is 10.6. The number of carbonyl (C=O) groups excluding carboxylic acids is 2. The summed E-state index contributed by atoms with van der Waals surface area (Å²) < 4.78 is 12.9. The summed E-state index contributed by atoms with van der Waals surface area (Å²) >= 11 is 2.81. The van der Waals surface area contributed by atoms with Crippen LogP contribution in [0.4, 0.5) is 5.00 Å². The van der Waals surface area contributed by atoms with Crippen LogP contribution in [0.25, 0.3) is 0 Å². The third-order valence-corrected chi connectivity index (χ3v) is 8.38. The Morgan fingerprint density at radius 1 is 1.11 bits per heavy atom. The molecule has 0 fully saturated rings. The van der Waals surface area contributed by atoms with Crippen LogP contribution in [0.15, 0.2) is 29.4 Å². The van der Waals surface area contributed by atoms with Crippen molar-refractivity contribution in [2.24, 2.45) is 0 Å². The van der Waals surface area contributed by atoms with E-state index in [0.717, 1.165) is 49.8 Å². The zero-order chi connectivity index (χ0) is 25.5. The van der Waals surface area contributed by atoms with Crippen molar-refractivity contribution >= 4 is 40.0 Å². The predicted molar refractivity (Wildman–Crippen MR) is 142 cm³/mol. The maximum Gasteiger partial charge on any atom is 0.341 e. The Bertz CT molecular complexity index is 1200. The lowest BCUT2D eigenvalue weighted by atomic mass is 10.1. The van der Waals surface area contributed by atoms with Crippen LogP contribution < -0.4 is 10.1 Å². The van der Waals surface area contributed by atoms with Crippen LogP contribution in [0.5, 0.6) is 5.75 Å². The summed E-state index contributed by atoms with van der Waals surface area (Å²) in [7, 11) is 1.38. The highest BCUT2D eigenvalue weighted by Gasteiger charge is 2.26. The first-order chi connectivity index (χ1) is 17.5. The van der Waals surface area contributed by atoms with Crippen molar-refractivity contribution in [2.75, 3.05) is 18.2 Å². The molecular formula is C26H32N4O4S2. The summed E-state index contributed by atoms with van der Waals surface area (Å²) in [4.78, 5) is 26.5. The van der Waals surface area contributed by atoms with Crippen LogP contribution in [0, 0.1) is 0 Å². The number of anilines is 1. The fourth-order valence-corrected chi connectivity index (χ4v) is 6.38. The van der Waals surface area contributed by atoms with Crippen LogP contribution >= 0.6 is 23.1 Å². The van der Waals surface area contributed by atoms with Crippen molar-refractivity contribution in [2.45, 2.75) is 70.7 Å². The van der Waals surface area contributed by atoms with Crippen LogP contribution in [-0.2, 0) is 41.9 Å². The van der Waals surface area contributed by atoms with Gasteiger partial charge in [0, 0.05) is 11.4 Å². The van der Waals surface area contributed by atoms with Gasteiger partial charge in [0.05, 0.1) is 18.4 Å². The highest BCUT2D eigenvalue weighted by Crippen LogP contribution is 2.38. The number of methoxy groups -OCH3 is 1. The quantitative estimate of drug-likeness (QED) is 0.217. The SMILES string of the molecule is CCc1ccc(OCc2nnc(SCC(=O)Nc3sc4c(c3C(=O)OC)CCCCC4)n2CC)cc1. The van der Waals surface area contributed by atoms with Crippen molar-refractivity contribution in [3.63, 3.8) is 0 Å². The molecule has 1 N–H and O–H groups in total.